The maximum Gasteiger partial charge on any atom is 0.365 e. The zero-order valence-corrected chi connectivity index (χ0v) is 15.7. The van der Waals surface area contributed by atoms with Crippen LogP contribution in [0.5, 0.6) is 0 Å². The van der Waals surface area contributed by atoms with Gasteiger partial charge in [-0.25, -0.2) is 4.79 Å². The number of carbonyl (C=O) groups excluding carboxylic acids is 1. The molecule has 0 N–H and O–H groups in total. The summed E-state index contributed by atoms with van der Waals surface area (Å²) >= 11 is 1.66. The van der Waals surface area contributed by atoms with E-state index in [-0.39, 0.29) is 5.41 Å². The first-order chi connectivity index (χ1) is 11.9. The van der Waals surface area contributed by atoms with E-state index in [9.17, 15) is 4.79 Å². The fourth-order valence-electron chi connectivity index (χ4n) is 2.58. The van der Waals surface area contributed by atoms with E-state index in [1.165, 1.54) is 10.3 Å². The van der Waals surface area contributed by atoms with E-state index < -0.39 is 5.97 Å². The van der Waals surface area contributed by atoms with Crippen LogP contribution < -0.4 is 0 Å². The molecule has 1 aromatic heterocycles. The molecule has 0 aliphatic rings. The van der Waals surface area contributed by atoms with Crippen LogP contribution >= 0.6 is 11.3 Å². The fraction of sp³-hybridized carbons (Fsp3) is 0.238. The first-order valence-electron chi connectivity index (χ1n) is 8.19. The van der Waals surface area contributed by atoms with E-state index in [0.29, 0.717) is 11.3 Å². The number of rotatable bonds is 3. The summed E-state index contributed by atoms with van der Waals surface area (Å²) in [6, 6.07) is 15.6. The second-order valence-electron chi connectivity index (χ2n) is 7.03. The Morgan fingerprint density at radius 3 is 2.40 bits per heavy atom. The summed E-state index contributed by atoms with van der Waals surface area (Å²) in [6.07, 6.45) is 0. The number of hydrogen-bond acceptors (Lipinski definition) is 4. The van der Waals surface area contributed by atoms with Crippen LogP contribution in [0.2, 0.25) is 0 Å². The molecule has 0 saturated heterocycles. The van der Waals surface area contributed by atoms with E-state index in [2.05, 4.69) is 32.0 Å². The Kier molecular flexibility index (Phi) is 4.73. The summed E-state index contributed by atoms with van der Waals surface area (Å²) < 4.78 is 1.19. The lowest BCUT2D eigenvalue weighted by Gasteiger charge is -2.18. The minimum Gasteiger partial charge on any atom is -0.313 e. The van der Waals surface area contributed by atoms with Gasteiger partial charge in [0.25, 0.3) is 0 Å². The molecule has 0 aliphatic heterocycles. The summed E-state index contributed by atoms with van der Waals surface area (Å²) in [7, 11) is 0. The largest absolute Gasteiger partial charge is 0.365 e. The molecule has 3 aromatic rings. The van der Waals surface area contributed by atoms with Gasteiger partial charge in [0.15, 0.2) is 0 Å². The Morgan fingerprint density at radius 2 is 1.72 bits per heavy atom. The Bertz CT molecular complexity index is 930. The molecular formula is C21H21NO2S. The molecule has 0 fully saturated rings. The molecule has 3 nitrogen and oxygen atoms in total. The summed E-state index contributed by atoms with van der Waals surface area (Å²) in [6.45, 7) is 8.27. The van der Waals surface area contributed by atoms with Crippen molar-refractivity contribution in [2.24, 2.45) is 5.16 Å². The van der Waals surface area contributed by atoms with Crippen LogP contribution in [-0.2, 0) is 10.3 Å². The Morgan fingerprint density at radius 1 is 1.04 bits per heavy atom. The fourth-order valence-corrected chi connectivity index (χ4v) is 3.58. The smallest absolute Gasteiger partial charge is 0.313 e. The molecule has 1 heterocycles. The number of fused-ring (bicyclic) bond motifs is 1. The van der Waals surface area contributed by atoms with Gasteiger partial charge in [-0.15, -0.1) is 11.3 Å². The van der Waals surface area contributed by atoms with Crippen molar-refractivity contribution in [1.82, 2.24) is 0 Å². The highest BCUT2D eigenvalue weighted by atomic mass is 32.1. The molecule has 0 saturated carbocycles. The van der Waals surface area contributed by atoms with Gasteiger partial charge in [-0.2, -0.15) is 0 Å². The van der Waals surface area contributed by atoms with Crippen LogP contribution in [0.25, 0.3) is 10.1 Å². The van der Waals surface area contributed by atoms with Crippen molar-refractivity contribution in [3.8, 4) is 0 Å². The van der Waals surface area contributed by atoms with Crippen molar-refractivity contribution in [2.45, 2.75) is 33.1 Å². The molecule has 0 unspecified atom stereocenters. The molecule has 0 bridgehead atoms. The minimum atomic E-state index is -0.445. The number of thiophene rings is 1. The third-order valence-electron chi connectivity index (χ3n) is 4.12. The molecule has 3 rings (SSSR count). The van der Waals surface area contributed by atoms with Gasteiger partial charge in [-0.05, 0) is 36.1 Å². The first kappa shape index (κ1) is 17.4. The summed E-state index contributed by atoms with van der Waals surface area (Å²) in [5.74, 6) is -0.445. The zero-order chi connectivity index (χ0) is 18.0. The van der Waals surface area contributed by atoms with Gasteiger partial charge >= 0.3 is 5.97 Å². The van der Waals surface area contributed by atoms with Gasteiger partial charge in [0.1, 0.15) is 0 Å². The van der Waals surface area contributed by atoms with E-state index in [4.69, 9.17) is 4.84 Å². The first-order valence-corrected chi connectivity index (χ1v) is 9.07. The van der Waals surface area contributed by atoms with Gasteiger partial charge < -0.3 is 4.84 Å². The lowest BCUT2D eigenvalue weighted by molar-refractivity contribution is 0.0516. The lowest BCUT2D eigenvalue weighted by atomic mass is 9.87. The van der Waals surface area contributed by atoms with Crippen LogP contribution in [0, 0.1) is 0 Å². The molecule has 0 atom stereocenters. The minimum absolute atomic E-state index is 0.0528. The predicted octanol–water partition coefficient (Wildman–Crippen LogP) is 5.78. The van der Waals surface area contributed by atoms with Crippen molar-refractivity contribution in [2.75, 3.05) is 0 Å². The normalized spacial score (nSPS) is 12.4. The van der Waals surface area contributed by atoms with E-state index in [1.807, 2.05) is 42.6 Å². The van der Waals surface area contributed by atoms with Crippen molar-refractivity contribution >= 4 is 33.1 Å². The zero-order valence-electron chi connectivity index (χ0n) is 14.9. The summed E-state index contributed by atoms with van der Waals surface area (Å²) in [5, 5.41) is 7.20. The van der Waals surface area contributed by atoms with E-state index >= 15 is 0 Å². The predicted molar refractivity (Wildman–Crippen MR) is 105 cm³/mol. The molecule has 128 valence electrons. The molecule has 0 amide bonds. The Labute approximate surface area is 151 Å². The van der Waals surface area contributed by atoms with Crippen LogP contribution in [0.3, 0.4) is 0 Å². The number of hydrogen-bond donors (Lipinski definition) is 0. The van der Waals surface area contributed by atoms with Crippen LogP contribution in [-0.4, -0.2) is 11.7 Å². The number of carbonyl (C=O) groups is 1. The van der Waals surface area contributed by atoms with Gasteiger partial charge in [0.05, 0.1) is 11.3 Å². The van der Waals surface area contributed by atoms with E-state index in [0.717, 1.165) is 10.9 Å². The van der Waals surface area contributed by atoms with Crippen molar-refractivity contribution in [3.05, 3.63) is 70.6 Å². The van der Waals surface area contributed by atoms with Gasteiger partial charge in [-0.3, -0.25) is 0 Å². The molecule has 2 aromatic carbocycles. The molecular weight excluding hydrogens is 330 g/mol. The second kappa shape index (κ2) is 6.81. The maximum atomic E-state index is 12.2. The Balaban J connectivity index is 1.75. The number of benzene rings is 2. The van der Waals surface area contributed by atoms with E-state index in [1.54, 1.807) is 23.5 Å². The number of nitrogens with zero attached hydrogens (tertiary/aromatic N) is 1. The van der Waals surface area contributed by atoms with Crippen molar-refractivity contribution in [3.63, 3.8) is 0 Å². The molecule has 0 spiro atoms. The van der Waals surface area contributed by atoms with Gasteiger partial charge in [-0.1, -0.05) is 56.3 Å². The standard InChI is InChI=1S/C21H21NO2S/c1-14(18-13-25-19-8-6-5-7-17(18)19)22-24-20(23)15-9-11-16(12-10-15)21(2,3)4/h5-13H,1-4H3/b22-14+. The average molecular weight is 351 g/mol. The van der Waals surface area contributed by atoms with Crippen LogP contribution in [0.1, 0.15) is 49.2 Å². The third-order valence-corrected chi connectivity index (χ3v) is 5.09. The second-order valence-corrected chi connectivity index (χ2v) is 7.94. The molecule has 25 heavy (non-hydrogen) atoms. The quantitative estimate of drug-likeness (QED) is 0.341. The van der Waals surface area contributed by atoms with Gasteiger partial charge in [0, 0.05) is 21.0 Å². The SMILES string of the molecule is C/C(=N\OC(=O)c1ccc(C(C)(C)C)cc1)c1csc2ccccc12. The highest BCUT2D eigenvalue weighted by Gasteiger charge is 2.15. The molecule has 0 radical (unpaired) electrons. The molecule has 0 aliphatic carbocycles. The average Bonchev–Trinajstić information content (AvgIpc) is 3.03. The maximum absolute atomic E-state index is 12.2. The third kappa shape index (κ3) is 3.80. The van der Waals surface area contributed by atoms with Crippen LogP contribution in [0.4, 0.5) is 0 Å². The van der Waals surface area contributed by atoms with Crippen molar-refractivity contribution in [1.29, 1.82) is 0 Å². The highest BCUT2D eigenvalue weighted by Crippen LogP contribution is 2.26. The van der Waals surface area contributed by atoms with Crippen LogP contribution in [0.15, 0.2) is 59.1 Å². The number of oxime groups is 1. The topological polar surface area (TPSA) is 38.7 Å². The molecule has 4 heteroatoms. The lowest BCUT2D eigenvalue weighted by Crippen LogP contribution is -2.11. The summed E-state index contributed by atoms with van der Waals surface area (Å²) in [4.78, 5) is 17.4. The highest BCUT2D eigenvalue weighted by molar-refractivity contribution is 7.17. The monoisotopic (exact) mass is 351 g/mol. The summed E-state index contributed by atoms with van der Waals surface area (Å²) in [5.41, 5.74) is 3.42. The van der Waals surface area contributed by atoms with Gasteiger partial charge in [0.2, 0.25) is 0 Å². The van der Waals surface area contributed by atoms with Crippen molar-refractivity contribution < 1.29 is 9.63 Å². The Hall–Kier alpha value is -2.46.